The second kappa shape index (κ2) is 5.27. The van der Waals surface area contributed by atoms with Crippen LogP contribution in [0, 0.1) is 0 Å². The van der Waals surface area contributed by atoms with Crippen LogP contribution in [-0.4, -0.2) is 47.3 Å². The summed E-state index contributed by atoms with van der Waals surface area (Å²) in [5, 5.41) is 7.43. The number of halogens is 1. The smallest absolute Gasteiger partial charge is 0.232 e. The molecule has 0 N–H and O–H groups in total. The van der Waals surface area contributed by atoms with E-state index in [2.05, 4.69) is 10.2 Å². The van der Waals surface area contributed by atoms with Crippen molar-refractivity contribution >= 4 is 17.5 Å². The van der Waals surface area contributed by atoms with Gasteiger partial charge in [-0.1, -0.05) is 0 Å². The van der Waals surface area contributed by atoms with Crippen LogP contribution in [0.1, 0.15) is 11.8 Å². The molecular weight excluding hydrogens is 234 g/mol. The second-order valence-electron chi connectivity index (χ2n) is 3.39. The van der Waals surface area contributed by atoms with Gasteiger partial charge in [-0.2, -0.15) is 0 Å². The van der Waals surface area contributed by atoms with Crippen LogP contribution in [0.4, 0.5) is 0 Å². The number of morpholine rings is 1. The Balaban J connectivity index is 1.90. The molecule has 16 heavy (non-hydrogen) atoms. The number of hydrogen-bond donors (Lipinski definition) is 0. The number of amides is 1. The van der Waals surface area contributed by atoms with Crippen LogP contribution in [0.2, 0.25) is 0 Å². The third-order valence-electron chi connectivity index (χ3n) is 2.29. The van der Waals surface area contributed by atoms with E-state index in [0.29, 0.717) is 38.1 Å². The number of hydrogen-bond acceptors (Lipinski definition) is 5. The Bertz CT molecular complexity index is 363. The van der Waals surface area contributed by atoms with Gasteiger partial charge in [0.2, 0.25) is 17.7 Å². The molecular formula is C9H12ClN3O3. The Hall–Kier alpha value is -1.14. The molecule has 0 saturated carbocycles. The molecule has 1 aromatic heterocycles. The van der Waals surface area contributed by atoms with Crippen molar-refractivity contribution in [3.63, 3.8) is 0 Å². The lowest BCUT2D eigenvalue weighted by Crippen LogP contribution is -2.41. The van der Waals surface area contributed by atoms with Gasteiger partial charge in [-0.25, -0.2) is 0 Å². The van der Waals surface area contributed by atoms with E-state index in [4.69, 9.17) is 20.8 Å². The summed E-state index contributed by atoms with van der Waals surface area (Å²) in [6, 6.07) is 0. The molecule has 0 aliphatic carbocycles. The van der Waals surface area contributed by atoms with Crippen molar-refractivity contribution in [3.8, 4) is 0 Å². The average Bonchev–Trinajstić information content (AvgIpc) is 2.78. The van der Waals surface area contributed by atoms with Gasteiger partial charge in [-0.15, -0.1) is 21.8 Å². The van der Waals surface area contributed by atoms with E-state index >= 15 is 0 Å². The molecule has 2 heterocycles. The van der Waals surface area contributed by atoms with Crippen molar-refractivity contribution < 1.29 is 13.9 Å². The van der Waals surface area contributed by atoms with E-state index in [1.165, 1.54) is 0 Å². The fourth-order valence-electron chi connectivity index (χ4n) is 1.47. The molecule has 0 bridgehead atoms. The Morgan fingerprint density at radius 2 is 2.00 bits per heavy atom. The summed E-state index contributed by atoms with van der Waals surface area (Å²) in [6.45, 7) is 2.41. The minimum atomic E-state index is -0.0203. The summed E-state index contributed by atoms with van der Waals surface area (Å²) in [4.78, 5) is 13.5. The summed E-state index contributed by atoms with van der Waals surface area (Å²) in [7, 11) is 0. The predicted molar refractivity (Wildman–Crippen MR) is 55.0 cm³/mol. The summed E-state index contributed by atoms with van der Waals surface area (Å²) < 4.78 is 10.3. The fraction of sp³-hybridized carbons (Fsp3) is 0.667. The Kier molecular flexibility index (Phi) is 3.74. The van der Waals surface area contributed by atoms with Crippen molar-refractivity contribution in [2.75, 3.05) is 26.3 Å². The minimum absolute atomic E-state index is 0.0203. The lowest BCUT2D eigenvalue weighted by molar-refractivity contribution is -0.134. The lowest BCUT2D eigenvalue weighted by atomic mass is 10.3. The van der Waals surface area contributed by atoms with Gasteiger partial charge in [0.05, 0.1) is 13.2 Å². The summed E-state index contributed by atoms with van der Waals surface area (Å²) in [6.07, 6.45) is 0.129. The van der Waals surface area contributed by atoms with Crippen molar-refractivity contribution in [2.24, 2.45) is 0 Å². The maximum absolute atomic E-state index is 11.8. The highest BCUT2D eigenvalue weighted by Gasteiger charge is 2.19. The van der Waals surface area contributed by atoms with E-state index in [0.717, 1.165) is 0 Å². The zero-order valence-corrected chi connectivity index (χ0v) is 9.44. The van der Waals surface area contributed by atoms with Gasteiger partial charge in [0.1, 0.15) is 12.3 Å². The highest BCUT2D eigenvalue weighted by molar-refractivity contribution is 6.16. The molecule has 1 aliphatic rings. The minimum Gasteiger partial charge on any atom is -0.423 e. The van der Waals surface area contributed by atoms with Crippen LogP contribution in [0.15, 0.2) is 4.42 Å². The SMILES string of the molecule is O=C(Cc1nnc(CCl)o1)N1CCOCC1. The maximum atomic E-state index is 11.8. The first-order chi connectivity index (χ1) is 7.79. The number of nitrogens with zero attached hydrogens (tertiary/aromatic N) is 3. The first-order valence-corrected chi connectivity index (χ1v) is 5.56. The third kappa shape index (κ3) is 2.70. The van der Waals surface area contributed by atoms with Gasteiger partial charge in [-0.3, -0.25) is 4.79 Å². The maximum Gasteiger partial charge on any atom is 0.232 e. The molecule has 0 atom stereocenters. The summed E-state index contributed by atoms with van der Waals surface area (Å²) in [5.74, 6) is 0.797. The number of rotatable bonds is 3. The Morgan fingerprint density at radius 3 is 2.62 bits per heavy atom. The van der Waals surface area contributed by atoms with E-state index in [1.54, 1.807) is 4.90 Å². The van der Waals surface area contributed by atoms with Crippen LogP contribution in [0.3, 0.4) is 0 Å². The summed E-state index contributed by atoms with van der Waals surface area (Å²) in [5.41, 5.74) is 0. The zero-order valence-electron chi connectivity index (χ0n) is 8.69. The van der Waals surface area contributed by atoms with Gasteiger partial charge in [-0.05, 0) is 0 Å². The quantitative estimate of drug-likeness (QED) is 0.712. The van der Waals surface area contributed by atoms with Crippen LogP contribution in [0.25, 0.3) is 0 Å². The van der Waals surface area contributed by atoms with Gasteiger partial charge in [0, 0.05) is 13.1 Å². The molecule has 0 spiro atoms. The monoisotopic (exact) mass is 245 g/mol. The molecule has 0 unspecified atom stereocenters. The molecule has 2 rings (SSSR count). The molecule has 1 saturated heterocycles. The number of alkyl halides is 1. The average molecular weight is 246 g/mol. The number of carbonyl (C=O) groups excluding carboxylic acids is 1. The van der Waals surface area contributed by atoms with E-state index in [1.807, 2.05) is 0 Å². The van der Waals surface area contributed by atoms with E-state index in [-0.39, 0.29) is 18.2 Å². The Labute approximate surface area is 97.5 Å². The van der Waals surface area contributed by atoms with Gasteiger partial charge in [0.25, 0.3) is 0 Å². The molecule has 6 nitrogen and oxygen atoms in total. The molecule has 7 heteroatoms. The first kappa shape index (κ1) is 11.3. The zero-order chi connectivity index (χ0) is 11.4. The molecule has 1 fully saturated rings. The predicted octanol–water partition coefficient (Wildman–Crippen LogP) is 0.210. The molecule has 1 amide bonds. The normalized spacial score (nSPS) is 16.4. The van der Waals surface area contributed by atoms with Gasteiger partial charge in [0.15, 0.2) is 0 Å². The van der Waals surface area contributed by atoms with Crippen LogP contribution < -0.4 is 0 Å². The molecule has 1 aromatic rings. The third-order valence-corrected chi connectivity index (χ3v) is 2.52. The molecule has 0 radical (unpaired) electrons. The molecule has 88 valence electrons. The number of aromatic nitrogens is 2. The standard InChI is InChI=1S/C9H12ClN3O3/c10-6-8-12-11-7(16-8)5-9(14)13-1-3-15-4-2-13/h1-6H2. The van der Waals surface area contributed by atoms with E-state index in [9.17, 15) is 4.79 Å². The number of carbonyl (C=O) groups is 1. The fourth-order valence-corrected chi connectivity index (χ4v) is 1.58. The van der Waals surface area contributed by atoms with Crippen LogP contribution >= 0.6 is 11.6 Å². The summed E-state index contributed by atoms with van der Waals surface area (Å²) >= 11 is 5.52. The van der Waals surface area contributed by atoms with E-state index < -0.39 is 0 Å². The van der Waals surface area contributed by atoms with Crippen LogP contribution in [-0.2, 0) is 21.8 Å². The second-order valence-corrected chi connectivity index (χ2v) is 3.66. The van der Waals surface area contributed by atoms with Crippen molar-refractivity contribution in [1.29, 1.82) is 0 Å². The molecule has 0 aromatic carbocycles. The van der Waals surface area contributed by atoms with Crippen molar-refractivity contribution in [3.05, 3.63) is 11.8 Å². The highest BCUT2D eigenvalue weighted by Crippen LogP contribution is 2.06. The van der Waals surface area contributed by atoms with Crippen molar-refractivity contribution in [2.45, 2.75) is 12.3 Å². The van der Waals surface area contributed by atoms with Gasteiger partial charge < -0.3 is 14.1 Å². The number of ether oxygens (including phenoxy) is 1. The van der Waals surface area contributed by atoms with Gasteiger partial charge >= 0.3 is 0 Å². The first-order valence-electron chi connectivity index (χ1n) is 5.02. The van der Waals surface area contributed by atoms with Crippen molar-refractivity contribution in [1.82, 2.24) is 15.1 Å². The highest BCUT2D eigenvalue weighted by atomic mass is 35.5. The Morgan fingerprint density at radius 1 is 1.31 bits per heavy atom. The molecule has 1 aliphatic heterocycles. The topological polar surface area (TPSA) is 68.5 Å². The van der Waals surface area contributed by atoms with Crippen LogP contribution in [0.5, 0.6) is 0 Å². The largest absolute Gasteiger partial charge is 0.423 e. The lowest BCUT2D eigenvalue weighted by Gasteiger charge is -2.26.